The molecule has 0 unspecified atom stereocenters. The Morgan fingerprint density at radius 1 is 1.30 bits per heavy atom. The minimum Gasteiger partial charge on any atom is -0.465 e. The highest BCUT2D eigenvalue weighted by Gasteiger charge is 2.27. The summed E-state index contributed by atoms with van der Waals surface area (Å²) in [6.07, 6.45) is 3.89. The molecule has 1 N–H and O–H groups in total. The summed E-state index contributed by atoms with van der Waals surface area (Å²) in [5.41, 5.74) is 1.28. The normalized spacial score (nSPS) is 11.3. The van der Waals surface area contributed by atoms with E-state index < -0.39 is 9.89 Å². The molecule has 106 valence electrons. The van der Waals surface area contributed by atoms with Crippen molar-refractivity contribution in [1.29, 1.82) is 0 Å². The molecule has 0 spiro atoms. The maximum absolute atomic E-state index is 11.2. The lowest BCUT2D eigenvalue weighted by atomic mass is 10.2. The number of anilines is 1. The van der Waals surface area contributed by atoms with E-state index in [0.717, 1.165) is 10.6 Å². The van der Waals surface area contributed by atoms with Gasteiger partial charge in [0.1, 0.15) is 0 Å². The number of benzene rings is 1. The second kappa shape index (κ2) is 5.91. The molecule has 0 saturated heterocycles. The Hall–Kier alpha value is -1.43. The fourth-order valence-corrected chi connectivity index (χ4v) is 2.02. The highest BCUT2D eigenvalue weighted by Crippen LogP contribution is 2.29. The molecule has 1 heterocycles. The van der Waals surface area contributed by atoms with Gasteiger partial charge in [-0.25, -0.2) is 9.78 Å². The van der Waals surface area contributed by atoms with Crippen molar-refractivity contribution in [2.24, 2.45) is 0 Å². The predicted octanol–water partition coefficient (Wildman–Crippen LogP) is 3.73. The van der Waals surface area contributed by atoms with Gasteiger partial charge in [-0.2, -0.15) is 0 Å². The summed E-state index contributed by atoms with van der Waals surface area (Å²) in [6.45, 7) is -0.253. The van der Waals surface area contributed by atoms with Crippen LogP contribution in [-0.2, 0) is 0 Å². The summed E-state index contributed by atoms with van der Waals surface area (Å²) in [4.78, 5) is 16.1. The molecule has 0 bridgehead atoms. The third-order valence-electron chi connectivity index (χ3n) is 2.53. The Labute approximate surface area is 130 Å². The Kier molecular flexibility index (Phi) is 4.42. The summed E-state index contributed by atoms with van der Waals surface area (Å²) in [6, 6.07) is 6.79. The maximum Gasteiger partial charge on any atom is 0.411 e. The Bertz CT molecular complexity index is 579. The number of amides is 1. The minimum atomic E-state index is -1.68. The van der Waals surface area contributed by atoms with Gasteiger partial charge in [0.05, 0.1) is 12.9 Å². The third kappa shape index (κ3) is 3.79. The average molecular weight is 335 g/mol. The largest absolute Gasteiger partial charge is 0.465 e. The number of halogens is 3. The molecule has 0 fully saturated rings. The van der Waals surface area contributed by atoms with Gasteiger partial charge in [0.15, 0.2) is 0 Å². The molecule has 20 heavy (non-hydrogen) atoms. The lowest BCUT2D eigenvalue weighted by Crippen LogP contribution is -2.36. The highest BCUT2D eigenvalue weighted by molar-refractivity contribution is 6.68. The van der Waals surface area contributed by atoms with Crippen LogP contribution in [0.15, 0.2) is 43.0 Å². The quantitative estimate of drug-likeness (QED) is 0.870. The number of alkyl halides is 3. The van der Waals surface area contributed by atoms with Crippen molar-refractivity contribution < 1.29 is 9.90 Å². The van der Waals surface area contributed by atoms with Gasteiger partial charge in [0.2, 0.25) is 3.79 Å². The number of carbonyl (C=O) groups is 1. The number of imidazole rings is 1. The zero-order chi connectivity index (χ0) is 14.8. The molecule has 2 rings (SSSR count). The van der Waals surface area contributed by atoms with Crippen molar-refractivity contribution in [2.45, 2.75) is 3.79 Å². The van der Waals surface area contributed by atoms with Gasteiger partial charge < -0.3 is 9.67 Å². The predicted molar refractivity (Wildman–Crippen MR) is 79.2 cm³/mol. The maximum atomic E-state index is 11.2. The van der Waals surface area contributed by atoms with Crippen molar-refractivity contribution in [2.75, 3.05) is 11.4 Å². The number of hydrogen-bond donors (Lipinski definition) is 1. The van der Waals surface area contributed by atoms with Crippen molar-refractivity contribution >= 4 is 46.6 Å². The lowest BCUT2D eigenvalue weighted by molar-refractivity contribution is 0.202. The summed E-state index contributed by atoms with van der Waals surface area (Å²) in [5.74, 6) is 0. The molecule has 0 atom stereocenters. The monoisotopic (exact) mass is 333 g/mol. The molecule has 0 aliphatic rings. The molecule has 8 heteroatoms. The molecule has 0 aliphatic heterocycles. The lowest BCUT2D eigenvalue weighted by Gasteiger charge is -2.23. The first-order valence-electron chi connectivity index (χ1n) is 5.52. The van der Waals surface area contributed by atoms with Crippen molar-refractivity contribution in [1.82, 2.24) is 9.55 Å². The van der Waals surface area contributed by atoms with Crippen LogP contribution in [0.5, 0.6) is 0 Å². The average Bonchev–Trinajstić information content (AvgIpc) is 2.89. The van der Waals surface area contributed by atoms with Crippen molar-refractivity contribution in [3.05, 3.63) is 43.0 Å². The first-order chi connectivity index (χ1) is 9.37. The number of hydrogen-bond acceptors (Lipinski definition) is 2. The van der Waals surface area contributed by atoms with Gasteiger partial charge in [0, 0.05) is 23.8 Å². The van der Waals surface area contributed by atoms with E-state index in [1.807, 2.05) is 0 Å². The summed E-state index contributed by atoms with van der Waals surface area (Å²) in [5, 5.41) is 9.18. The van der Waals surface area contributed by atoms with Gasteiger partial charge in [-0.1, -0.05) is 34.8 Å². The number of nitrogens with zero attached hydrogens (tertiary/aromatic N) is 3. The SMILES string of the molecule is O=C(O)N(CC(Cl)(Cl)Cl)c1ccc(-n2ccnc2)cc1. The fraction of sp³-hybridized carbons (Fsp3) is 0.167. The van der Waals surface area contributed by atoms with E-state index in [0.29, 0.717) is 5.69 Å². The number of rotatable bonds is 3. The molecule has 5 nitrogen and oxygen atoms in total. The fourth-order valence-electron chi connectivity index (χ4n) is 1.67. The summed E-state index contributed by atoms with van der Waals surface area (Å²) in [7, 11) is 0. The zero-order valence-corrected chi connectivity index (χ0v) is 12.3. The molecule has 1 amide bonds. The van der Waals surface area contributed by atoms with Crippen LogP contribution in [0.1, 0.15) is 0 Å². The number of carboxylic acid groups (broad SMARTS) is 1. The molecular weight excluding hydrogens is 325 g/mol. The summed E-state index contributed by atoms with van der Waals surface area (Å²) < 4.78 is 0.116. The van der Waals surface area contributed by atoms with Crippen LogP contribution >= 0.6 is 34.8 Å². The highest BCUT2D eigenvalue weighted by atomic mass is 35.6. The molecule has 2 aromatic rings. The Morgan fingerprint density at radius 2 is 1.95 bits per heavy atom. The van der Waals surface area contributed by atoms with Gasteiger partial charge in [-0.3, -0.25) is 4.90 Å². The first-order valence-corrected chi connectivity index (χ1v) is 6.66. The van der Waals surface area contributed by atoms with Crippen molar-refractivity contribution in [3.63, 3.8) is 0 Å². The van der Waals surface area contributed by atoms with Crippen LogP contribution in [0.4, 0.5) is 10.5 Å². The van der Waals surface area contributed by atoms with Crippen LogP contribution in [-0.4, -0.2) is 31.1 Å². The molecule has 0 saturated carbocycles. The molecule has 0 radical (unpaired) electrons. The Balaban J connectivity index is 2.25. The molecule has 1 aromatic heterocycles. The van der Waals surface area contributed by atoms with Gasteiger partial charge >= 0.3 is 6.09 Å². The van der Waals surface area contributed by atoms with E-state index in [1.165, 1.54) is 0 Å². The topological polar surface area (TPSA) is 58.4 Å². The van der Waals surface area contributed by atoms with Crippen LogP contribution in [0, 0.1) is 0 Å². The molecule has 1 aromatic carbocycles. The summed E-state index contributed by atoms with van der Waals surface area (Å²) >= 11 is 16.9. The van der Waals surface area contributed by atoms with Crippen LogP contribution in [0.2, 0.25) is 0 Å². The molecule has 0 aliphatic carbocycles. The van der Waals surface area contributed by atoms with Gasteiger partial charge in [-0.15, -0.1) is 0 Å². The van der Waals surface area contributed by atoms with E-state index in [-0.39, 0.29) is 6.54 Å². The number of aromatic nitrogens is 2. The second-order valence-electron chi connectivity index (χ2n) is 3.97. The van der Waals surface area contributed by atoms with E-state index in [2.05, 4.69) is 4.98 Å². The van der Waals surface area contributed by atoms with E-state index in [4.69, 9.17) is 34.8 Å². The van der Waals surface area contributed by atoms with E-state index in [1.54, 1.807) is 47.6 Å². The van der Waals surface area contributed by atoms with E-state index >= 15 is 0 Å². The third-order valence-corrected chi connectivity index (χ3v) is 2.89. The smallest absolute Gasteiger partial charge is 0.411 e. The standard InChI is InChI=1S/C12H10Cl3N3O2/c13-12(14,15)7-18(11(19)20)10-3-1-9(2-4-10)17-6-5-16-8-17/h1-6,8H,7H2,(H,19,20). The zero-order valence-electron chi connectivity index (χ0n) is 10.1. The van der Waals surface area contributed by atoms with Gasteiger partial charge in [-0.05, 0) is 24.3 Å². The Morgan fingerprint density at radius 3 is 2.40 bits per heavy atom. The minimum absolute atomic E-state index is 0.253. The van der Waals surface area contributed by atoms with Crippen LogP contribution in [0.3, 0.4) is 0 Å². The van der Waals surface area contributed by atoms with Crippen LogP contribution in [0.25, 0.3) is 5.69 Å². The van der Waals surface area contributed by atoms with Crippen LogP contribution < -0.4 is 4.90 Å². The van der Waals surface area contributed by atoms with Gasteiger partial charge in [0.25, 0.3) is 0 Å². The second-order valence-corrected chi connectivity index (χ2v) is 6.49. The first kappa shape index (κ1) is 15.0. The van der Waals surface area contributed by atoms with Crippen molar-refractivity contribution in [3.8, 4) is 5.69 Å². The molecular formula is C12H10Cl3N3O2. The van der Waals surface area contributed by atoms with E-state index in [9.17, 15) is 9.90 Å².